The Kier molecular flexibility index (Phi) is 3.50. The van der Waals surface area contributed by atoms with Gasteiger partial charge in [0.2, 0.25) is 5.78 Å². The Hall–Kier alpha value is -1.32. The molecule has 0 aliphatic rings. The molecule has 0 saturated heterocycles. The molecule has 0 aliphatic carbocycles. The molecule has 0 unspecified atom stereocenters. The van der Waals surface area contributed by atoms with Gasteiger partial charge in [0.05, 0.1) is 7.11 Å². The second-order valence-corrected chi connectivity index (χ2v) is 4.88. The molecule has 0 amide bonds. The smallest absolute Gasteiger partial charge is 0.207 e. The predicted molar refractivity (Wildman–Crippen MR) is 70.5 cm³/mol. The highest BCUT2D eigenvalue weighted by atomic mass is 35.5. The zero-order valence-electron chi connectivity index (χ0n) is 9.49. The SMILES string of the molecule is COc1ccsc1C(=O)c1cccc(Cl)c1C. The molecule has 2 aromatic rings. The van der Waals surface area contributed by atoms with Crippen LogP contribution in [0.2, 0.25) is 5.02 Å². The topological polar surface area (TPSA) is 26.3 Å². The largest absolute Gasteiger partial charge is 0.495 e. The zero-order valence-corrected chi connectivity index (χ0v) is 11.1. The van der Waals surface area contributed by atoms with Gasteiger partial charge < -0.3 is 4.74 Å². The summed E-state index contributed by atoms with van der Waals surface area (Å²) in [4.78, 5) is 12.9. The first-order chi connectivity index (χ1) is 8.15. The minimum absolute atomic E-state index is 0.0446. The number of halogens is 1. The highest BCUT2D eigenvalue weighted by molar-refractivity contribution is 7.12. The van der Waals surface area contributed by atoms with Gasteiger partial charge in [-0.15, -0.1) is 11.3 Å². The van der Waals surface area contributed by atoms with Crippen molar-refractivity contribution in [2.75, 3.05) is 7.11 Å². The van der Waals surface area contributed by atoms with E-state index in [1.165, 1.54) is 11.3 Å². The summed E-state index contributed by atoms with van der Waals surface area (Å²) >= 11 is 7.39. The van der Waals surface area contributed by atoms with Crippen LogP contribution < -0.4 is 4.74 Å². The van der Waals surface area contributed by atoms with Crippen molar-refractivity contribution in [3.05, 3.63) is 50.7 Å². The van der Waals surface area contributed by atoms with E-state index >= 15 is 0 Å². The highest BCUT2D eigenvalue weighted by Gasteiger charge is 2.18. The number of hydrogen-bond donors (Lipinski definition) is 0. The standard InChI is InChI=1S/C13H11ClO2S/c1-8-9(4-3-5-10(8)14)12(15)13-11(16-2)6-7-17-13/h3-7H,1-2H3. The molecule has 0 radical (unpaired) electrons. The van der Waals surface area contributed by atoms with Gasteiger partial charge in [0.25, 0.3) is 0 Å². The van der Waals surface area contributed by atoms with Crippen molar-refractivity contribution < 1.29 is 9.53 Å². The molecule has 0 saturated carbocycles. The minimum atomic E-state index is -0.0446. The van der Waals surface area contributed by atoms with Crippen LogP contribution in [0.3, 0.4) is 0 Å². The van der Waals surface area contributed by atoms with E-state index in [1.54, 1.807) is 31.4 Å². The van der Waals surface area contributed by atoms with Gasteiger partial charge in [0.15, 0.2) is 0 Å². The average molecular weight is 267 g/mol. The van der Waals surface area contributed by atoms with Crippen LogP contribution in [0, 0.1) is 6.92 Å². The number of benzene rings is 1. The van der Waals surface area contributed by atoms with Gasteiger partial charge in [-0.3, -0.25) is 4.79 Å². The van der Waals surface area contributed by atoms with E-state index in [9.17, 15) is 4.79 Å². The van der Waals surface area contributed by atoms with E-state index in [0.29, 0.717) is 21.2 Å². The first-order valence-corrected chi connectivity index (χ1v) is 6.32. The number of rotatable bonds is 3. The summed E-state index contributed by atoms with van der Waals surface area (Å²) in [5.74, 6) is 0.566. The van der Waals surface area contributed by atoms with Crippen LogP contribution in [-0.2, 0) is 0 Å². The molecule has 2 nitrogen and oxygen atoms in total. The van der Waals surface area contributed by atoms with E-state index < -0.39 is 0 Å². The Labute approximate surface area is 109 Å². The summed E-state index contributed by atoms with van der Waals surface area (Å²) in [7, 11) is 1.56. The van der Waals surface area contributed by atoms with E-state index in [-0.39, 0.29) is 5.78 Å². The van der Waals surface area contributed by atoms with Crippen LogP contribution in [0.15, 0.2) is 29.6 Å². The molecule has 88 valence electrons. The van der Waals surface area contributed by atoms with E-state index in [4.69, 9.17) is 16.3 Å². The number of hydrogen-bond acceptors (Lipinski definition) is 3. The van der Waals surface area contributed by atoms with Gasteiger partial charge in [0.1, 0.15) is 10.6 Å². The van der Waals surface area contributed by atoms with Gasteiger partial charge >= 0.3 is 0 Å². The molecule has 0 atom stereocenters. The van der Waals surface area contributed by atoms with Crippen LogP contribution in [0.4, 0.5) is 0 Å². The lowest BCUT2D eigenvalue weighted by Crippen LogP contribution is -2.03. The third kappa shape index (κ3) is 2.21. The molecule has 1 aromatic carbocycles. The van der Waals surface area contributed by atoms with Crippen molar-refractivity contribution in [2.45, 2.75) is 6.92 Å². The van der Waals surface area contributed by atoms with Gasteiger partial charge in [0, 0.05) is 10.6 Å². The van der Waals surface area contributed by atoms with Crippen molar-refractivity contribution in [3.63, 3.8) is 0 Å². The van der Waals surface area contributed by atoms with E-state index in [2.05, 4.69) is 0 Å². The molecular weight excluding hydrogens is 256 g/mol. The summed E-state index contributed by atoms with van der Waals surface area (Å²) in [6.07, 6.45) is 0. The average Bonchev–Trinajstić information content (AvgIpc) is 2.80. The predicted octanol–water partition coefficient (Wildman–Crippen LogP) is 3.95. The molecule has 0 fully saturated rings. The van der Waals surface area contributed by atoms with Gasteiger partial charge in [-0.25, -0.2) is 0 Å². The summed E-state index contributed by atoms with van der Waals surface area (Å²) in [5.41, 5.74) is 1.42. The Balaban J connectivity index is 2.48. The number of thiophene rings is 1. The fourth-order valence-corrected chi connectivity index (χ4v) is 2.59. The number of ether oxygens (including phenoxy) is 1. The molecule has 1 aromatic heterocycles. The Morgan fingerprint density at radius 1 is 1.35 bits per heavy atom. The fraction of sp³-hybridized carbons (Fsp3) is 0.154. The monoisotopic (exact) mass is 266 g/mol. The lowest BCUT2D eigenvalue weighted by molar-refractivity contribution is 0.103. The molecule has 1 heterocycles. The summed E-state index contributed by atoms with van der Waals surface area (Å²) in [5, 5.41) is 2.44. The number of ketones is 1. The van der Waals surface area contributed by atoms with Crippen molar-refractivity contribution in [2.24, 2.45) is 0 Å². The van der Waals surface area contributed by atoms with E-state index in [0.717, 1.165) is 5.56 Å². The van der Waals surface area contributed by atoms with Gasteiger partial charge in [-0.2, -0.15) is 0 Å². The third-order valence-electron chi connectivity index (χ3n) is 2.57. The second kappa shape index (κ2) is 4.90. The summed E-state index contributed by atoms with van der Waals surface area (Å²) < 4.78 is 5.15. The molecule has 0 N–H and O–H groups in total. The maximum atomic E-state index is 12.3. The maximum absolute atomic E-state index is 12.3. The normalized spacial score (nSPS) is 10.3. The van der Waals surface area contributed by atoms with Gasteiger partial charge in [-0.1, -0.05) is 23.7 Å². The molecule has 0 bridgehead atoms. The van der Waals surface area contributed by atoms with Gasteiger partial charge in [-0.05, 0) is 30.0 Å². The Morgan fingerprint density at radius 2 is 2.12 bits per heavy atom. The molecule has 0 aliphatic heterocycles. The van der Waals surface area contributed by atoms with Crippen LogP contribution in [0.5, 0.6) is 5.75 Å². The van der Waals surface area contributed by atoms with Crippen LogP contribution in [-0.4, -0.2) is 12.9 Å². The second-order valence-electron chi connectivity index (χ2n) is 3.56. The minimum Gasteiger partial charge on any atom is -0.495 e. The number of carbonyl (C=O) groups excluding carboxylic acids is 1. The van der Waals surface area contributed by atoms with Crippen LogP contribution in [0.1, 0.15) is 20.8 Å². The lowest BCUT2D eigenvalue weighted by atomic mass is 10.0. The summed E-state index contributed by atoms with van der Waals surface area (Å²) in [6.45, 7) is 1.84. The first-order valence-electron chi connectivity index (χ1n) is 5.06. The Bertz CT molecular complexity index is 560. The first kappa shape index (κ1) is 12.1. The number of carbonyl (C=O) groups is 1. The van der Waals surface area contributed by atoms with Crippen LogP contribution >= 0.6 is 22.9 Å². The Morgan fingerprint density at radius 3 is 2.82 bits per heavy atom. The third-order valence-corrected chi connectivity index (χ3v) is 3.87. The lowest BCUT2D eigenvalue weighted by Gasteiger charge is -2.06. The molecule has 4 heteroatoms. The van der Waals surface area contributed by atoms with Crippen molar-refractivity contribution in [3.8, 4) is 5.75 Å². The molecular formula is C13H11ClO2S. The quantitative estimate of drug-likeness (QED) is 0.787. The highest BCUT2D eigenvalue weighted by Crippen LogP contribution is 2.29. The fourth-order valence-electron chi connectivity index (χ4n) is 1.60. The van der Waals surface area contributed by atoms with Crippen molar-refractivity contribution in [1.29, 1.82) is 0 Å². The summed E-state index contributed by atoms with van der Waals surface area (Å²) in [6, 6.07) is 7.13. The molecule has 0 spiro atoms. The van der Waals surface area contributed by atoms with Crippen LogP contribution in [0.25, 0.3) is 0 Å². The molecule has 2 rings (SSSR count). The maximum Gasteiger partial charge on any atom is 0.207 e. The zero-order chi connectivity index (χ0) is 12.4. The van der Waals surface area contributed by atoms with E-state index in [1.807, 2.05) is 12.3 Å². The van der Waals surface area contributed by atoms with Crippen molar-refractivity contribution in [1.82, 2.24) is 0 Å². The van der Waals surface area contributed by atoms with Crippen molar-refractivity contribution >= 4 is 28.7 Å². The number of methoxy groups -OCH3 is 1. The molecule has 17 heavy (non-hydrogen) atoms.